The summed E-state index contributed by atoms with van der Waals surface area (Å²) in [5.74, 6) is 0.221. The van der Waals surface area contributed by atoms with Crippen LogP contribution in [0, 0.1) is 11.3 Å². The van der Waals surface area contributed by atoms with Crippen LogP contribution in [0.4, 0.5) is 14.9 Å². The van der Waals surface area contributed by atoms with Gasteiger partial charge in [0.05, 0.1) is 24.3 Å². The zero-order chi connectivity index (χ0) is 25.1. The maximum absolute atomic E-state index is 15.7. The zero-order valence-electron chi connectivity index (χ0n) is 20.3. The second kappa shape index (κ2) is 10.3. The Labute approximate surface area is 210 Å². The fraction of sp³-hybridized carbons (Fsp3) is 0.464. The summed E-state index contributed by atoms with van der Waals surface area (Å²) in [6.45, 7) is 1.74. The average molecular weight is 491 g/mol. The molecule has 2 aliphatic heterocycles. The summed E-state index contributed by atoms with van der Waals surface area (Å²) in [6, 6.07) is 13.9. The number of ether oxygens (including phenoxy) is 1. The summed E-state index contributed by atoms with van der Waals surface area (Å²) in [6.07, 6.45) is 4.48. The average Bonchev–Trinajstić information content (AvgIpc) is 3.37. The molecule has 5 rings (SSSR count). The maximum atomic E-state index is 15.7. The van der Waals surface area contributed by atoms with E-state index in [1.807, 2.05) is 12.1 Å². The SMILES string of the molecule is N#Cc1ccc(C2(F)CCN(C(=O)c3ccc(C4CCC4)c(NC(=O)N[C@H]4CCOC4)c3)CC2)cc1. The number of amides is 3. The van der Waals surface area contributed by atoms with Crippen LogP contribution in [0.3, 0.4) is 0 Å². The summed E-state index contributed by atoms with van der Waals surface area (Å²) >= 11 is 0. The Hall–Kier alpha value is -3.44. The number of benzene rings is 2. The molecule has 0 spiro atoms. The molecule has 2 heterocycles. The van der Waals surface area contributed by atoms with E-state index in [0.717, 1.165) is 31.2 Å². The molecule has 2 N–H and O–H groups in total. The van der Waals surface area contributed by atoms with Gasteiger partial charge >= 0.3 is 6.03 Å². The fourth-order valence-corrected chi connectivity index (χ4v) is 5.24. The largest absolute Gasteiger partial charge is 0.379 e. The lowest BCUT2D eigenvalue weighted by atomic mass is 9.79. The van der Waals surface area contributed by atoms with Crippen molar-refractivity contribution in [3.05, 3.63) is 64.7 Å². The highest BCUT2D eigenvalue weighted by Gasteiger charge is 2.38. The number of halogens is 1. The van der Waals surface area contributed by atoms with Gasteiger partial charge in [0.15, 0.2) is 0 Å². The molecular weight excluding hydrogens is 459 g/mol. The van der Waals surface area contributed by atoms with Gasteiger partial charge in [-0.25, -0.2) is 9.18 Å². The normalized spacial score (nSPS) is 21.3. The first-order chi connectivity index (χ1) is 17.4. The molecular formula is C28H31FN4O3. The summed E-state index contributed by atoms with van der Waals surface area (Å²) < 4.78 is 21.0. The monoisotopic (exact) mass is 490 g/mol. The van der Waals surface area contributed by atoms with E-state index in [-0.39, 0.29) is 30.8 Å². The van der Waals surface area contributed by atoms with Gasteiger partial charge in [0.2, 0.25) is 0 Å². The number of urea groups is 1. The van der Waals surface area contributed by atoms with Crippen LogP contribution < -0.4 is 10.6 Å². The van der Waals surface area contributed by atoms with Gasteiger partial charge in [-0.2, -0.15) is 5.26 Å². The number of rotatable bonds is 5. The molecule has 7 nitrogen and oxygen atoms in total. The number of alkyl halides is 1. The number of hydrogen-bond donors (Lipinski definition) is 2. The van der Waals surface area contributed by atoms with E-state index in [0.29, 0.717) is 54.6 Å². The minimum Gasteiger partial charge on any atom is -0.379 e. The molecule has 0 aromatic heterocycles. The minimum absolute atomic E-state index is 0.00705. The van der Waals surface area contributed by atoms with Gasteiger partial charge in [-0.3, -0.25) is 4.79 Å². The van der Waals surface area contributed by atoms with Crippen LogP contribution in [0.1, 0.15) is 71.5 Å². The molecule has 2 aromatic rings. The van der Waals surface area contributed by atoms with Crippen LogP contribution >= 0.6 is 0 Å². The summed E-state index contributed by atoms with van der Waals surface area (Å²) in [7, 11) is 0. The first-order valence-corrected chi connectivity index (χ1v) is 12.7. The first kappa shape index (κ1) is 24.3. The van der Waals surface area contributed by atoms with Gasteiger partial charge in [0, 0.05) is 43.8 Å². The number of nitriles is 1. The number of nitrogens with zero attached hydrogens (tertiary/aromatic N) is 2. The summed E-state index contributed by atoms with van der Waals surface area (Å²) in [5.41, 5.74) is 1.73. The van der Waals surface area contributed by atoms with Gasteiger partial charge in [0.1, 0.15) is 5.67 Å². The number of anilines is 1. The Kier molecular flexibility index (Phi) is 6.92. The van der Waals surface area contributed by atoms with Crippen LogP contribution in [-0.2, 0) is 10.4 Å². The van der Waals surface area contributed by atoms with Crippen LogP contribution in [0.15, 0.2) is 42.5 Å². The van der Waals surface area contributed by atoms with Gasteiger partial charge in [-0.15, -0.1) is 0 Å². The highest BCUT2D eigenvalue weighted by atomic mass is 19.1. The number of hydrogen-bond acceptors (Lipinski definition) is 4. The van der Waals surface area contributed by atoms with E-state index in [1.165, 1.54) is 0 Å². The molecule has 2 aromatic carbocycles. The second-order valence-corrected chi connectivity index (χ2v) is 10.0. The lowest BCUT2D eigenvalue weighted by Crippen LogP contribution is -2.43. The molecule has 36 heavy (non-hydrogen) atoms. The van der Waals surface area contributed by atoms with Crippen LogP contribution in [0.5, 0.6) is 0 Å². The molecule has 3 amide bonds. The van der Waals surface area contributed by atoms with E-state index < -0.39 is 5.67 Å². The van der Waals surface area contributed by atoms with Crippen molar-refractivity contribution in [1.29, 1.82) is 5.26 Å². The summed E-state index contributed by atoms with van der Waals surface area (Å²) in [4.78, 5) is 27.7. The van der Waals surface area contributed by atoms with Crippen molar-refractivity contribution in [1.82, 2.24) is 10.2 Å². The molecule has 1 saturated carbocycles. The van der Waals surface area contributed by atoms with Crippen molar-refractivity contribution in [2.24, 2.45) is 0 Å². The molecule has 2 saturated heterocycles. The van der Waals surface area contributed by atoms with Crippen LogP contribution in [0.25, 0.3) is 0 Å². The van der Waals surface area contributed by atoms with Crippen molar-refractivity contribution in [2.45, 2.75) is 56.2 Å². The highest BCUT2D eigenvalue weighted by molar-refractivity contribution is 5.97. The Morgan fingerprint density at radius 2 is 1.83 bits per heavy atom. The minimum atomic E-state index is -1.52. The molecule has 0 radical (unpaired) electrons. The molecule has 188 valence electrons. The van der Waals surface area contributed by atoms with E-state index in [4.69, 9.17) is 10.00 Å². The maximum Gasteiger partial charge on any atom is 0.319 e. The standard InChI is InChI=1S/C28H31FN4O3/c29-28(22-7-4-19(17-30)5-8-22)11-13-33(14-12-28)26(34)21-6-9-24(20-2-1-3-20)25(16-21)32-27(35)31-23-10-15-36-18-23/h4-9,16,20,23H,1-3,10-15,18H2,(H2,31,32,35)/t23-/m0/s1. The Balaban J connectivity index is 1.27. The zero-order valence-corrected chi connectivity index (χ0v) is 20.3. The molecule has 0 bridgehead atoms. The van der Waals surface area contributed by atoms with Gasteiger partial charge in [-0.05, 0) is 60.6 Å². The summed E-state index contributed by atoms with van der Waals surface area (Å²) in [5, 5.41) is 14.9. The molecule has 0 unspecified atom stereocenters. The van der Waals surface area contributed by atoms with Crippen LogP contribution in [0.2, 0.25) is 0 Å². The third-order valence-corrected chi connectivity index (χ3v) is 7.73. The van der Waals surface area contributed by atoms with Gasteiger partial charge in [0.25, 0.3) is 5.91 Å². The molecule has 8 heteroatoms. The quantitative estimate of drug-likeness (QED) is 0.627. The number of piperidine rings is 1. The smallest absolute Gasteiger partial charge is 0.319 e. The lowest BCUT2D eigenvalue weighted by molar-refractivity contribution is 0.0421. The van der Waals surface area contributed by atoms with Crippen molar-refractivity contribution >= 4 is 17.6 Å². The van der Waals surface area contributed by atoms with E-state index in [2.05, 4.69) is 16.7 Å². The van der Waals surface area contributed by atoms with E-state index >= 15 is 4.39 Å². The molecule has 3 aliphatic rings. The number of nitrogens with one attached hydrogen (secondary N) is 2. The van der Waals surface area contributed by atoms with E-state index in [1.54, 1.807) is 35.2 Å². The van der Waals surface area contributed by atoms with Crippen molar-refractivity contribution in [2.75, 3.05) is 31.6 Å². The topological polar surface area (TPSA) is 94.5 Å². The van der Waals surface area contributed by atoms with Crippen LogP contribution in [-0.4, -0.2) is 49.2 Å². The van der Waals surface area contributed by atoms with Crippen molar-refractivity contribution in [3.8, 4) is 6.07 Å². The third-order valence-electron chi connectivity index (χ3n) is 7.73. The Morgan fingerprint density at radius 3 is 2.44 bits per heavy atom. The van der Waals surface area contributed by atoms with Crippen molar-refractivity contribution in [3.63, 3.8) is 0 Å². The van der Waals surface area contributed by atoms with Gasteiger partial charge < -0.3 is 20.3 Å². The van der Waals surface area contributed by atoms with Crippen molar-refractivity contribution < 1.29 is 18.7 Å². The Bertz CT molecular complexity index is 1160. The number of carbonyl (C=O) groups is 2. The predicted octanol–water partition coefficient (Wildman–Crippen LogP) is 4.84. The molecule has 3 fully saturated rings. The Morgan fingerprint density at radius 1 is 1.08 bits per heavy atom. The lowest BCUT2D eigenvalue weighted by Gasteiger charge is -2.37. The predicted molar refractivity (Wildman–Crippen MR) is 133 cm³/mol. The highest BCUT2D eigenvalue weighted by Crippen LogP contribution is 2.41. The first-order valence-electron chi connectivity index (χ1n) is 12.7. The second-order valence-electron chi connectivity index (χ2n) is 10.0. The number of carbonyl (C=O) groups excluding carboxylic acids is 2. The molecule has 1 aliphatic carbocycles. The van der Waals surface area contributed by atoms with E-state index in [9.17, 15) is 9.59 Å². The van der Waals surface area contributed by atoms with Gasteiger partial charge in [-0.1, -0.05) is 24.6 Å². The molecule has 1 atom stereocenters. The third kappa shape index (κ3) is 5.07. The number of likely N-dealkylation sites (tertiary alicyclic amines) is 1. The fourth-order valence-electron chi connectivity index (χ4n) is 5.24.